The van der Waals surface area contributed by atoms with Gasteiger partial charge >= 0.3 is 0 Å². The Balaban J connectivity index is 1.84. The highest BCUT2D eigenvalue weighted by Crippen LogP contribution is 2.29. The lowest BCUT2D eigenvalue weighted by atomic mass is 9.89. The highest BCUT2D eigenvalue weighted by molar-refractivity contribution is 5.76. The molecule has 1 saturated heterocycles. The third-order valence-corrected chi connectivity index (χ3v) is 4.55. The van der Waals surface area contributed by atoms with E-state index in [1.807, 2.05) is 6.92 Å². The zero-order valence-electron chi connectivity index (χ0n) is 12.7. The van der Waals surface area contributed by atoms with Gasteiger partial charge in [0, 0.05) is 25.6 Å². The first-order valence-electron chi connectivity index (χ1n) is 8.24. The Morgan fingerprint density at radius 1 is 1.21 bits per heavy atom. The van der Waals surface area contributed by atoms with Crippen LogP contribution in [0.3, 0.4) is 0 Å². The normalized spacial score (nSPS) is 27.6. The third-order valence-electron chi connectivity index (χ3n) is 4.55. The summed E-state index contributed by atoms with van der Waals surface area (Å²) in [7, 11) is 0. The van der Waals surface area contributed by atoms with E-state index in [1.165, 1.54) is 45.1 Å². The second kappa shape index (κ2) is 7.28. The zero-order valence-corrected chi connectivity index (χ0v) is 12.7. The van der Waals surface area contributed by atoms with Crippen LogP contribution >= 0.6 is 0 Å². The quantitative estimate of drug-likeness (QED) is 0.768. The van der Waals surface area contributed by atoms with Crippen molar-refractivity contribution in [3.05, 3.63) is 0 Å². The summed E-state index contributed by atoms with van der Waals surface area (Å²) in [5.41, 5.74) is 0. The molecule has 110 valence electrons. The number of piperidine rings is 1. The smallest absolute Gasteiger partial charge is 0.222 e. The van der Waals surface area contributed by atoms with Crippen molar-refractivity contribution in [2.24, 2.45) is 11.8 Å². The van der Waals surface area contributed by atoms with E-state index in [-0.39, 0.29) is 0 Å². The molecule has 1 saturated carbocycles. The number of unbranched alkanes of at least 4 members (excludes halogenated alkanes) is 1. The van der Waals surface area contributed by atoms with Crippen molar-refractivity contribution in [2.75, 3.05) is 19.6 Å². The first-order valence-corrected chi connectivity index (χ1v) is 8.24. The lowest BCUT2D eigenvalue weighted by molar-refractivity contribution is -0.133. The molecule has 2 fully saturated rings. The highest BCUT2D eigenvalue weighted by Gasteiger charge is 2.30. The third kappa shape index (κ3) is 4.79. The molecule has 0 aromatic heterocycles. The number of likely N-dealkylation sites (tertiary alicyclic amines) is 1. The number of amides is 1. The van der Waals surface area contributed by atoms with E-state index in [2.05, 4.69) is 17.1 Å². The lowest BCUT2D eigenvalue weighted by Crippen LogP contribution is -2.51. The molecule has 2 aliphatic rings. The number of carbonyl (C=O) groups excluding carboxylic acids is 1. The molecule has 0 aromatic rings. The van der Waals surface area contributed by atoms with Gasteiger partial charge in [0.05, 0.1) is 0 Å². The fourth-order valence-corrected chi connectivity index (χ4v) is 3.14. The Labute approximate surface area is 118 Å². The predicted octanol–water partition coefficient (Wildman–Crippen LogP) is 2.80. The van der Waals surface area contributed by atoms with E-state index in [0.29, 0.717) is 24.3 Å². The van der Waals surface area contributed by atoms with E-state index < -0.39 is 0 Å². The van der Waals surface area contributed by atoms with Crippen LogP contribution < -0.4 is 5.32 Å². The van der Waals surface area contributed by atoms with Gasteiger partial charge in [0.25, 0.3) is 0 Å². The molecule has 19 heavy (non-hydrogen) atoms. The van der Waals surface area contributed by atoms with Gasteiger partial charge in [0.15, 0.2) is 0 Å². The maximum Gasteiger partial charge on any atom is 0.222 e. The number of nitrogens with one attached hydrogen (secondary N) is 1. The van der Waals surface area contributed by atoms with Gasteiger partial charge in [0.1, 0.15) is 0 Å². The van der Waals surface area contributed by atoms with Crippen LogP contribution in [0.4, 0.5) is 0 Å². The molecule has 1 amide bonds. The monoisotopic (exact) mass is 266 g/mol. The van der Waals surface area contributed by atoms with Crippen LogP contribution in [0.1, 0.15) is 58.8 Å². The van der Waals surface area contributed by atoms with E-state index in [9.17, 15) is 4.79 Å². The number of nitrogens with zero attached hydrogens (tertiary/aromatic N) is 1. The summed E-state index contributed by atoms with van der Waals surface area (Å²) >= 11 is 0. The van der Waals surface area contributed by atoms with Gasteiger partial charge in [0.2, 0.25) is 5.91 Å². The average Bonchev–Trinajstić information content (AvgIpc) is 3.26. The van der Waals surface area contributed by atoms with E-state index in [0.717, 1.165) is 19.0 Å². The van der Waals surface area contributed by atoms with Crippen LogP contribution in [0.2, 0.25) is 0 Å². The molecule has 2 rings (SSSR count). The molecule has 1 heterocycles. The van der Waals surface area contributed by atoms with Crippen LogP contribution in [0, 0.1) is 11.8 Å². The largest absolute Gasteiger partial charge is 0.341 e. The minimum absolute atomic E-state index is 0.333. The van der Waals surface area contributed by atoms with Crippen molar-refractivity contribution in [1.82, 2.24) is 10.2 Å². The van der Waals surface area contributed by atoms with Crippen molar-refractivity contribution in [3.63, 3.8) is 0 Å². The van der Waals surface area contributed by atoms with Gasteiger partial charge in [-0.15, -0.1) is 0 Å². The zero-order chi connectivity index (χ0) is 13.7. The lowest BCUT2D eigenvalue weighted by Gasteiger charge is -2.38. The molecule has 3 heteroatoms. The Bertz CT molecular complexity index is 288. The van der Waals surface area contributed by atoms with Crippen LogP contribution in [-0.4, -0.2) is 36.5 Å². The summed E-state index contributed by atoms with van der Waals surface area (Å²) < 4.78 is 0. The number of hydrogen-bond acceptors (Lipinski definition) is 2. The molecular formula is C16H30N2O. The Hall–Kier alpha value is -0.570. The molecular weight excluding hydrogens is 236 g/mol. The SMILES string of the molecule is CCCCC1CC(NCC2CC2)CN(C(=O)CC)C1. The average molecular weight is 266 g/mol. The topological polar surface area (TPSA) is 32.3 Å². The summed E-state index contributed by atoms with van der Waals surface area (Å²) in [4.78, 5) is 14.1. The minimum atomic E-state index is 0.333. The van der Waals surface area contributed by atoms with Crippen molar-refractivity contribution in [3.8, 4) is 0 Å². The summed E-state index contributed by atoms with van der Waals surface area (Å²) in [5, 5.41) is 3.70. The minimum Gasteiger partial charge on any atom is -0.341 e. The van der Waals surface area contributed by atoms with Crippen LogP contribution in [0.15, 0.2) is 0 Å². The molecule has 0 radical (unpaired) electrons. The van der Waals surface area contributed by atoms with Crippen molar-refractivity contribution < 1.29 is 4.79 Å². The van der Waals surface area contributed by atoms with Crippen molar-refractivity contribution >= 4 is 5.91 Å². The first kappa shape index (κ1) is 14.8. The second-order valence-electron chi connectivity index (χ2n) is 6.44. The fourth-order valence-electron chi connectivity index (χ4n) is 3.14. The molecule has 1 N–H and O–H groups in total. The van der Waals surface area contributed by atoms with Crippen molar-refractivity contribution in [2.45, 2.75) is 64.8 Å². The van der Waals surface area contributed by atoms with E-state index in [1.54, 1.807) is 0 Å². The Morgan fingerprint density at radius 3 is 2.63 bits per heavy atom. The van der Waals surface area contributed by atoms with Gasteiger partial charge in [-0.3, -0.25) is 4.79 Å². The second-order valence-corrected chi connectivity index (χ2v) is 6.44. The molecule has 2 atom stereocenters. The van der Waals surface area contributed by atoms with E-state index >= 15 is 0 Å². The first-order chi connectivity index (χ1) is 9.22. The van der Waals surface area contributed by atoms with Gasteiger partial charge in [-0.2, -0.15) is 0 Å². The van der Waals surface area contributed by atoms with Crippen LogP contribution in [0.5, 0.6) is 0 Å². The fraction of sp³-hybridized carbons (Fsp3) is 0.938. The maximum atomic E-state index is 12.0. The molecule has 1 aliphatic heterocycles. The van der Waals surface area contributed by atoms with E-state index in [4.69, 9.17) is 0 Å². The van der Waals surface area contributed by atoms with Gasteiger partial charge < -0.3 is 10.2 Å². The maximum absolute atomic E-state index is 12.0. The molecule has 0 spiro atoms. The molecule has 2 unspecified atom stereocenters. The van der Waals surface area contributed by atoms with Gasteiger partial charge in [-0.25, -0.2) is 0 Å². The Morgan fingerprint density at radius 2 is 2.00 bits per heavy atom. The standard InChI is InChI=1S/C16H30N2O/c1-3-5-6-14-9-15(17-10-13-7-8-13)12-18(11-14)16(19)4-2/h13-15,17H,3-12H2,1-2H3. The van der Waals surface area contributed by atoms with Crippen LogP contribution in [-0.2, 0) is 4.79 Å². The van der Waals surface area contributed by atoms with Crippen molar-refractivity contribution in [1.29, 1.82) is 0 Å². The Kier molecular flexibility index (Phi) is 5.68. The summed E-state index contributed by atoms with van der Waals surface area (Å²) in [6.45, 7) is 7.32. The number of hydrogen-bond donors (Lipinski definition) is 1. The number of carbonyl (C=O) groups is 1. The molecule has 0 aromatic carbocycles. The summed E-state index contributed by atoms with van der Waals surface area (Å²) in [6, 6.07) is 0.534. The van der Waals surface area contributed by atoms with Gasteiger partial charge in [-0.1, -0.05) is 26.7 Å². The molecule has 0 bridgehead atoms. The summed E-state index contributed by atoms with van der Waals surface area (Å²) in [6.07, 6.45) is 8.56. The highest BCUT2D eigenvalue weighted by atomic mass is 16.2. The van der Waals surface area contributed by atoms with Gasteiger partial charge in [-0.05, 0) is 44.1 Å². The predicted molar refractivity (Wildman–Crippen MR) is 79.0 cm³/mol. The number of rotatable bonds is 7. The molecule has 3 nitrogen and oxygen atoms in total. The summed E-state index contributed by atoms with van der Waals surface area (Å²) in [5.74, 6) is 1.96. The molecule has 1 aliphatic carbocycles. The van der Waals surface area contributed by atoms with Crippen LogP contribution in [0.25, 0.3) is 0 Å².